The molecule has 0 saturated carbocycles. The minimum atomic E-state index is -0.222. The molecule has 1 aromatic carbocycles. The molecule has 0 spiro atoms. The number of hydrogen-bond acceptors (Lipinski definition) is 6. The highest BCUT2D eigenvalue weighted by atomic mass is 16.5. The minimum Gasteiger partial charge on any atom is -0.491 e. The van der Waals surface area contributed by atoms with Gasteiger partial charge in [0.25, 0.3) is 5.91 Å². The van der Waals surface area contributed by atoms with E-state index >= 15 is 0 Å². The topological polar surface area (TPSA) is 85.4 Å². The first kappa shape index (κ1) is 19.1. The molecular formula is C20H26N4O3. The van der Waals surface area contributed by atoms with Crippen LogP contribution in [0.1, 0.15) is 42.9 Å². The molecule has 7 nitrogen and oxygen atoms in total. The number of amides is 1. The Kier molecular flexibility index (Phi) is 6.24. The van der Waals surface area contributed by atoms with Crippen LogP contribution < -0.4 is 15.4 Å². The summed E-state index contributed by atoms with van der Waals surface area (Å²) in [5.74, 6) is 0.962. The normalized spacial score (nSPS) is 16.4. The Morgan fingerprint density at radius 1 is 1.30 bits per heavy atom. The van der Waals surface area contributed by atoms with Crippen LogP contribution in [0.3, 0.4) is 0 Å². The van der Waals surface area contributed by atoms with Gasteiger partial charge in [-0.05, 0) is 63.9 Å². The summed E-state index contributed by atoms with van der Waals surface area (Å²) in [7, 11) is 0. The number of ether oxygens (including phenoxy) is 2. The Hall–Kier alpha value is -2.67. The van der Waals surface area contributed by atoms with Crippen LogP contribution in [-0.2, 0) is 4.74 Å². The number of hydrogen-bond donors (Lipinski definition) is 2. The van der Waals surface area contributed by atoms with E-state index in [9.17, 15) is 4.79 Å². The van der Waals surface area contributed by atoms with Gasteiger partial charge in [-0.25, -0.2) is 9.97 Å². The molecule has 27 heavy (non-hydrogen) atoms. The molecule has 2 aromatic rings. The summed E-state index contributed by atoms with van der Waals surface area (Å²) < 4.78 is 11.2. The van der Waals surface area contributed by atoms with E-state index in [0.29, 0.717) is 18.2 Å². The third kappa shape index (κ3) is 5.65. The quantitative estimate of drug-likeness (QED) is 0.778. The summed E-state index contributed by atoms with van der Waals surface area (Å²) >= 11 is 0. The highest BCUT2D eigenvalue weighted by molar-refractivity contribution is 5.92. The van der Waals surface area contributed by atoms with Gasteiger partial charge in [0.2, 0.25) is 5.95 Å². The van der Waals surface area contributed by atoms with Gasteiger partial charge in [0.1, 0.15) is 11.4 Å². The fourth-order valence-corrected chi connectivity index (χ4v) is 2.86. The van der Waals surface area contributed by atoms with Crippen LogP contribution in [0.2, 0.25) is 0 Å². The van der Waals surface area contributed by atoms with Crippen LogP contribution in [0.25, 0.3) is 0 Å². The van der Waals surface area contributed by atoms with Gasteiger partial charge in [0, 0.05) is 24.5 Å². The molecule has 1 amide bonds. The maximum atomic E-state index is 12.4. The van der Waals surface area contributed by atoms with Gasteiger partial charge in [0.05, 0.1) is 12.2 Å². The summed E-state index contributed by atoms with van der Waals surface area (Å²) in [6, 6.07) is 9.22. The largest absolute Gasteiger partial charge is 0.491 e. The van der Waals surface area contributed by atoms with Gasteiger partial charge in [-0.3, -0.25) is 4.79 Å². The second kappa shape index (κ2) is 8.81. The van der Waals surface area contributed by atoms with Crippen LogP contribution in [0.4, 0.5) is 11.6 Å². The van der Waals surface area contributed by atoms with Crippen molar-refractivity contribution in [3.05, 3.63) is 41.7 Å². The van der Waals surface area contributed by atoms with Crippen LogP contribution in [0, 0.1) is 6.92 Å². The van der Waals surface area contributed by atoms with Gasteiger partial charge in [0.15, 0.2) is 0 Å². The van der Waals surface area contributed by atoms with E-state index in [1.807, 2.05) is 45.0 Å². The van der Waals surface area contributed by atoms with Gasteiger partial charge >= 0.3 is 0 Å². The zero-order valence-corrected chi connectivity index (χ0v) is 16.0. The van der Waals surface area contributed by atoms with E-state index in [2.05, 4.69) is 20.6 Å². The molecule has 1 aliphatic heterocycles. The standard InChI is InChI=1S/C20H26N4O3/c1-13(2)27-16-8-6-15(7-9-16)23-20-22-14(3)11-18(24-20)19(25)21-12-17-5-4-10-26-17/h6-9,11,13,17H,4-5,10,12H2,1-3H3,(H,21,25)(H,22,23,24). The number of nitrogens with zero attached hydrogens (tertiary/aromatic N) is 2. The third-order valence-electron chi connectivity index (χ3n) is 4.08. The molecule has 0 radical (unpaired) electrons. The lowest BCUT2D eigenvalue weighted by atomic mass is 10.2. The van der Waals surface area contributed by atoms with E-state index < -0.39 is 0 Å². The van der Waals surface area contributed by atoms with Gasteiger partial charge in [-0.15, -0.1) is 0 Å². The molecule has 1 fully saturated rings. The summed E-state index contributed by atoms with van der Waals surface area (Å²) in [4.78, 5) is 21.1. The Morgan fingerprint density at radius 2 is 2.07 bits per heavy atom. The highest BCUT2D eigenvalue weighted by Gasteiger charge is 2.17. The van der Waals surface area contributed by atoms with Crippen molar-refractivity contribution in [3.63, 3.8) is 0 Å². The van der Waals surface area contributed by atoms with Gasteiger partial charge in [-0.1, -0.05) is 0 Å². The Bertz CT molecular complexity index is 771. The molecule has 3 rings (SSSR count). The molecule has 144 valence electrons. The van der Waals surface area contributed by atoms with Crippen molar-refractivity contribution in [2.75, 3.05) is 18.5 Å². The Balaban J connectivity index is 1.64. The average molecular weight is 370 g/mol. The van der Waals surface area contributed by atoms with Gasteiger partial charge in [-0.2, -0.15) is 0 Å². The third-order valence-corrected chi connectivity index (χ3v) is 4.08. The van der Waals surface area contributed by atoms with Crippen molar-refractivity contribution in [2.24, 2.45) is 0 Å². The molecule has 0 bridgehead atoms. The van der Waals surface area contributed by atoms with E-state index in [4.69, 9.17) is 9.47 Å². The number of aryl methyl sites for hydroxylation is 1. The monoisotopic (exact) mass is 370 g/mol. The lowest BCUT2D eigenvalue weighted by molar-refractivity contribution is 0.0853. The van der Waals surface area contributed by atoms with Crippen LogP contribution >= 0.6 is 0 Å². The van der Waals surface area contributed by atoms with Gasteiger partial charge < -0.3 is 20.1 Å². The van der Waals surface area contributed by atoms with Crippen LogP contribution in [0.5, 0.6) is 5.75 Å². The van der Waals surface area contributed by atoms with Crippen molar-refractivity contribution >= 4 is 17.5 Å². The SMILES string of the molecule is Cc1cc(C(=O)NCC2CCCO2)nc(Nc2ccc(OC(C)C)cc2)n1. The molecule has 2 heterocycles. The molecule has 1 aliphatic rings. The van der Waals surface area contributed by atoms with E-state index in [0.717, 1.165) is 36.6 Å². The van der Waals surface area contributed by atoms with Crippen molar-refractivity contribution in [1.29, 1.82) is 0 Å². The first-order valence-corrected chi connectivity index (χ1v) is 9.29. The summed E-state index contributed by atoms with van der Waals surface area (Å²) in [5.41, 5.74) is 1.87. The predicted octanol–water partition coefficient (Wildman–Crippen LogP) is 3.22. The average Bonchev–Trinajstić information content (AvgIpc) is 3.14. The first-order valence-electron chi connectivity index (χ1n) is 9.29. The molecule has 1 saturated heterocycles. The maximum absolute atomic E-state index is 12.4. The predicted molar refractivity (Wildman–Crippen MR) is 104 cm³/mol. The molecule has 7 heteroatoms. The minimum absolute atomic E-state index is 0.0982. The first-order chi connectivity index (χ1) is 13.0. The van der Waals surface area contributed by atoms with E-state index in [1.54, 1.807) is 6.07 Å². The number of anilines is 2. The van der Waals surface area contributed by atoms with E-state index in [-0.39, 0.29) is 18.1 Å². The molecular weight excluding hydrogens is 344 g/mol. The smallest absolute Gasteiger partial charge is 0.270 e. The zero-order chi connectivity index (χ0) is 19.2. The van der Waals surface area contributed by atoms with Crippen LogP contribution in [0.15, 0.2) is 30.3 Å². The molecule has 2 N–H and O–H groups in total. The molecule has 1 unspecified atom stereocenters. The van der Waals surface area contributed by atoms with E-state index in [1.165, 1.54) is 0 Å². The van der Waals surface area contributed by atoms with Crippen LogP contribution in [-0.4, -0.2) is 41.2 Å². The Morgan fingerprint density at radius 3 is 2.74 bits per heavy atom. The van der Waals surface area contributed by atoms with Crippen molar-refractivity contribution in [3.8, 4) is 5.75 Å². The number of carbonyl (C=O) groups excluding carboxylic acids is 1. The number of nitrogens with one attached hydrogen (secondary N) is 2. The maximum Gasteiger partial charge on any atom is 0.270 e. The fraction of sp³-hybridized carbons (Fsp3) is 0.450. The number of carbonyl (C=O) groups is 1. The molecule has 1 atom stereocenters. The van der Waals surface area contributed by atoms with Crippen molar-refractivity contribution < 1.29 is 14.3 Å². The second-order valence-electron chi connectivity index (χ2n) is 6.88. The highest BCUT2D eigenvalue weighted by Crippen LogP contribution is 2.19. The number of rotatable bonds is 7. The lowest BCUT2D eigenvalue weighted by Gasteiger charge is -2.12. The summed E-state index contributed by atoms with van der Waals surface area (Å²) in [6.45, 7) is 7.07. The van der Waals surface area contributed by atoms with Crippen molar-refractivity contribution in [2.45, 2.75) is 45.8 Å². The summed E-state index contributed by atoms with van der Waals surface area (Å²) in [6.07, 6.45) is 2.25. The Labute approximate surface area is 159 Å². The zero-order valence-electron chi connectivity index (χ0n) is 16.0. The molecule has 0 aliphatic carbocycles. The second-order valence-corrected chi connectivity index (χ2v) is 6.88. The molecule has 1 aromatic heterocycles. The number of benzene rings is 1. The summed E-state index contributed by atoms with van der Waals surface area (Å²) in [5, 5.41) is 6.02. The van der Waals surface area contributed by atoms with Crippen molar-refractivity contribution in [1.82, 2.24) is 15.3 Å². The number of aromatic nitrogens is 2. The lowest BCUT2D eigenvalue weighted by Crippen LogP contribution is -2.32. The fourth-order valence-electron chi connectivity index (χ4n) is 2.86.